The molecule has 0 saturated carbocycles. The summed E-state index contributed by atoms with van der Waals surface area (Å²) in [7, 11) is 0. The normalized spacial score (nSPS) is 10.3. The van der Waals surface area contributed by atoms with Crippen molar-refractivity contribution < 1.29 is 0 Å². The second-order valence-electron chi connectivity index (χ2n) is 2.93. The lowest BCUT2D eigenvalue weighted by atomic mass is 10.3. The van der Waals surface area contributed by atoms with Gasteiger partial charge in [0.05, 0.1) is 5.51 Å². The van der Waals surface area contributed by atoms with E-state index in [1.807, 2.05) is 36.2 Å². The minimum atomic E-state index is 0.875. The monoisotopic (exact) mass is 205 g/mol. The van der Waals surface area contributed by atoms with Crippen molar-refractivity contribution in [2.45, 2.75) is 13.1 Å². The quantitative estimate of drug-likeness (QED) is 0.827. The minimum absolute atomic E-state index is 0.875. The van der Waals surface area contributed by atoms with E-state index in [4.69, 9.17) is 0 Å². The van der Waals surface area contributed by atoms with Gasteiger partial charge < -0.3 is 5.32 Å². The maximum Gasteiger partial charge on any atom is 0.0794 e. The fourth-order valence-corrected chi connectivity index (χ4v) is 1.72. The summed E-state index contributed by atoms with van der Waals surface area (Å²) in [6.45, 7) is 1.76. The molecule has 2 rings (SSSR count). The highest BCUT2D eigenvalue weighted by atomic mass is 32.1. The smallest absolute Gasteiger partial charge is 0.0794 e. The maximum atomic E-state index is 4.02. The van der Waals surface area contributed by atoms with E-state index in [1.165, 1.54) is 10.4 Å². The molecular weight excluding hydrogens is 194 g/mol. The van der Waals surface area contributed by atoms with Crippen LogP contribution in [0.25, 0.3) is 0 Å². The maximum absolute atomic E-state index is 4.02. The molecule has 0 amide bonds. The molecule has 14 heavy (non-hydrogen) atoms. The molecule has 0 atom stereocenters. The third kappa shape index (κ3) is 2.61. The molecule has 0 aliphatic carbocycles. The Morgan fingerprint density at radius 3 is 2.71 bits per heavy atom. The number of hydrogen-bond donors (Lipinski definition) is 1. The summed E-state index contributed by atoms with van der Waals surface area (Å²) in [4.78, 5) is 9.25. The molecule has 0 saturated heterocycles. The van der Waals surface area contributed by atoms with Crippen LogP contribution in [0.4, 0.5) is 0 Å². The number of nitrogens with one attached hydrogen (secondary N) is 1. The summed E-state index contributed by atoms with van der Waals surface area (Å²) in [5, 5.41) is 3.35. The minimum Gasteiger partial charge on any atom is -0.308 e. The lowest BCUT2D eigenvalue weighted by Crippen LogP contribution is -2.11. The number of hydrogen-bond acceptors (Lipinski definition) is 4. The Kier molecular flexibility index (Phi) is 3.21. The third-order valence-corrected chi connectivity index (χ3v) is 2.64. The summed E-state index contributed by atoms with van der Waals surface area (Å²) in [5.41, 5.74) is 3.10. The predicted molar refractivity (Wildman–Crippen MR) is 56.9 cm³/mol. The molecule has 72 valence electrons. The van der Waals surface area contributed by atoms with Gasteiger partial charge in [-0.3, -0.25) is 9.97 Å². The zero-order valence-electron chi connectivity index (χ0n) is 7.68. The first-order valence-corrected chi connectivity index (χ1v) is 5.30. The summed E-state index contributed by atoms with van der Waals surface area (Å²) in [5.74, 6) is 0. The standard InChI is InChI=1S/C10H11N3S/c1-3-11-4-2-9(1)5-12-6-10-7-13-8-14-10/h1-4,7-8,12H,5-6H2. The van der Waals surface area contributed by atoms with Crippen molar-refractivity contribution in [3.05, 3.63) is 46.7 Å². The van der Waals surface area contributed by atoms with Crippen LogP contribution in [0.2, 0.25) is 0 Å². The van der Waals surface area contributed by atoms with Crippen LogP contribution in [-0.2, 0) is 13.1 Å². The fraction of sp³-hybridized carbons (Fsp3) is 0.200. The van der Waals surface area contributed by atoms with Gasteiger partial charge in [0.1, 0.15) is 0 Å². The largest absolute Gasteiger partial charge is 0.308 e. The Balaban J connectivity index is 1.79. The van der Waals surface area contributed by atoms with Crippen LogP contribution in [0.5, 0.6) is 0 Å². The van der Waals surface area contributed by atoms with Gasteiger partial charge in [0.25, 0.3) is 0 Å². The number of aromatic nitrogens is 2. The molecule has 2 aromatic heterocycles. The average Bonchev–Trinajstić information content (AvgIpc) is 2.72. The SMILES string of the molecule is c1cc(CNCc2cncs2)ccn1. The van der Waals surface area contributed by atoms with Crippen molar-refractivity contribution in [3.63, 3.8) is 0 Å². The summed E-state index contributed by atoms with van der Waals surface area (Å²) in [6.07, 6.45) is 5.51. The summed E-state index contributed by atoms with van der Waals surface area (Å²) in [6, 6.07) is 4.03. The molecule has 0 bridgehead atoms. The van der Waals surface area contributed by atoms with Crippen molar-refractivity contribution in [1.29, 1.82) is 0 Å². The van der Waals surface area contributed by atoms with Gasteiger partial charge in [-0.05, 0) is 17.7 Å². The van der Waals surface area contributed by atoms with Gasteiger partial charge in [-0.2, -0.15) is 0 Å². The van der Waals surface area contributed by atoms with Crippen LogP contribution in [0.3, 0.4) is 0 Å². The molecule has 0 spiro atoms. The van der Waals surface area contributed by atoms with E-state index in [0.717, 1.165) is 13.1 Å². The predicted octanol–water partition coefficient (Wildman–Crippen LogP) is 1.83. The topological polar surface area (TPSA) is 37.8 Å². The van der Waals surface area contributed by atoms with E-state index in [9.17, 15) is 0 Å². The van der Waals surface area contributed by atoms with Crippen molar-refractivity contribution >= 4 is 11.3 Å². The van der Waals surface area contributed by atoms with E-state index < -0.39 is 0 Å². The number of thiazole rings is 1. The molecule has 0 aromatic carbocycles. The average molecular weight is 205 g/mol. The first-order valence-electron chi connectivity index (χ1n) is 4.42. The van der Waals surface area contributed by atoms with Crippen molar-refractivity contribution in [3.8, 4) is 0 Å². The van der Waals surface area contributed by atoms with E-state index in [2.05, 4.69) is 15.3 Å². The van der Waals surface area contributed by atoms with Crippen molar-refractivity contribution in [1.82, 2.24) is 15.3 Å². The molecule has 0 aliphatic rings. The Labute approximate surface area is 86.8 Å². The molecule has 0 aliphatic heterocycles. The van der Waals surface area contributed by atoms with Crippen molar-refractivity contribution in [2.24, 2.45) is 0 Å². The lowest BCUT2D eigenvalue weighted by Gasteiger charge is -2.01. The molecular formula is C10H11N3S. The zero-order valence-corrected chi connectivity index (χ0v) is 8.50. The first kappa shape index (κ1) is 9.30. The molecule has 0 fully saturated rings. The van der Waals surface area contributed by atoms with Gasteiger partial charge in [-0.1, -0.05) is 0 Å². The molecule has 2 heterocycles. The number of pyridine rings is 1. The highest BCUT2D eigenvalue weighted by Gasteiger charge is 1.94. The first-order chi connectivity index (χ1) is 6.95. The van der Waals surface area contributed by atoms with E-state index in [-0.39, 0.29) is 0 Å². The van der Waals surface area contributed by atoms with Crippen LogP contribution in [0.15, 0.2) is 36.2 Å². The summed E-state index contributed by atoms with van der Waals surface area (Å²) < 4.78 is 0. The van der Waals surface area contributed by atoms with Gasteiger partial charge >= 0.3 is 0 Å². The van der Waals surface area contributed by atoms with Crippen LogP contribution in [-0.4, -0.2) is 9.97 Å². The van der Waals surface area contributed by atoms with Crippen molar-refractivity contribution in [2.75, 3.05) is 0 Å². The van der Waals surface area contributed by atoms with E-state index in [1.54, 1.807) is 11.3 Å². The van der Waals surface area contributed by atoms with Crippen LogP contribution in [0, 0.1) is 0 Å². The Hall–Kier alpha value is -1.26. The fourth-order valence-electron chi connectivity index (χ4n) is 1.16. The van der Waals surface area contributed by atoms with Crippen LogP contribution >= 0.6 is 11.3 Å². The lowest BCUT2D eigenvalue weighted by molar-refractivity contribution is 0.699. The highest BCUT2D eigenvalue weighted by Crippen LogP contribution is 2.04. The zero-order chi connectivity index (χ0) is 9.64. The Morgan fingerprint density at radius 2 is 2.00 bits per heavy atom. The Bertz CT molecular complexity index is 358. The molecule has 0 unspecified atom stereocenters. The molecule has 0 radical (unpaired) electrons. The molecule has 2 aromatic rings. The van der Waals surface area contributed by atoms with Gasteiger partial charge in [0.2, 0.25) is 0 Å². The number of nitrogens with zero attached hydrogens (tertiary/aromatic N) is 2. The van der Waals surface area contributed by atoms with E-state index in [0.29, 0.717) is 0 Å². The molecule has 4 heteroatoms. The number of rotatable bonds is 4. The molecule has 1 N–H and O–H groups in total. The van der Waals surface area contributed by atoms with Crippen LogP contribution in [0.1, 0.15) is 10.4 Å². The third-order valence-electron chi connectivity index (χ3n) is 1.86. The van der Waals surface area contributed by atoms with E-state index >= 15 is 0 Å². The molecule has 3 nitrogen and oxygen atoms in total. The highest BCUT2D eigenvalue weighted by molar-refractivity contribution is 7.09. The second kappa shape index (κ2) is 4.83. The second-order valence-corrected chi connectivity index (χ2v) is 3.90. The summed E-state index contributed by atoms with van der Waals surface area (Å²) >= 11 is 1.67. The van der Waals surface area contributed by atoms with Gasteiger partial charge in [-0.25, -0.2) is 0 Å². The van der Waals surface area contributed by atoms with Gasteiger partial charge in [0, 0.05) is 36.6 Å². The van der Waals surface area contributed by atoms with Gasteiger partial charge in [-0.15, -0.1) is 11.3 Å². The van der Waals surface area contributed by atoms with Crippen LogP contribution < -0.4 is 5.32 Å². The Morgan fingerprint density at radius 1 is 1.14 bits per heavy atom. The van der Waals surface area contributed by atoms with Gasteiger partial charge in [0.15, 0.2) is 0 Å².